The number of hydrazone groups is 1. The van der Waals surface area contributed by atoms with E-state index in [1.54, 1.807) is 6.92 Å². The maximum atomic E-state index is 11.8. The fourth-order valence-electron chi connectivity index (χ4n) is 2.13. The van der Waals surface area contributed by atoms with E-state index in [0.29, 0.717) is 12.3 Å². The number of hydrogen-bond donors (Lipinski definition) is 2. The van der Waals surface area contributed by atoms with Crippen molar-refractivity contribution in [3.05, 3.63) is 24.3 Å². The molecule has 1 aromatic rings. The summed E-state index contributed by atoms with van der Waals surface area (Å²) in [6.07, 6.45) is 4.38. The minimum Gasteiger partial charge on any atom is -0.379 e. The van der Waals surface area contributed by atoms with Gasteiger partial charge in [0.15, 0.2) is 0 Å². The average Bonchev–Trinajstić information content (AvgIpc) is 2.61. The van der Waals surface area contributed by atoms with Crippen LogP contribution in [0, 0.1) is 0 Å². The van der Waals surface area contributed by atoms with Crippen LogP contribution in [0.4, 0.5) is 0 Å². The Kier molecular flexibility index (Phi) is 7.24. The molecule has 0 radical (unpaired) electrons. The number of carbonyl (C=O) groups excluding carboxylic acids is 2. The van der Waals surface area contributed by atoms with Crippen molar-refractivity contribution in [2.24, 2.45) is 5.10 Å². The minimum atomic E-state index is -0.463. The Hall–Kier alpha value is -2.39. The third-order valence-electron chi connectivity index (χ3n) is 3.41. The lowest BCUT2D eigenvalue weighted by molar-refractivity contribution is -0.120. The van der Waals surface area contributed by atoms with Crippen molar-refractivity contribution in [3.8, 4) is 0 Å². The van der Waals surface area contributed by atoms with Gasteiger partial charge in [-0.1, -0.05) is 0 Å². The molecule has 1 saturated heterocycles. The lowest BCUT2D eigenvalue weighted by Crippen LogP contribution is -2.41. The zero-order valence-corrected chi connectivity index (χ0v) is 13.7. The molecular formula is C15H22N6O3. The molecule has 2 heterocycles. The lowest BCUT2D eigenvalue weighted by atomic mass is 10.3. The first-order chi connectivity index (χ1) is 11.6. The summed E-state index contributed by atoms with van der Waals surface area (Å²) in [6.45, 7) is 6.33. The van der Waals surface area contributed by atoms with E-state index in [2.05, 4.69) is 30.7 Å². The quantitative estimate of drug-likeness (QED) is 0.510. The smallest absolute Gasteiger partial charge is 0.291 e. The van der Waals surface area contributed by atoms with Gasteiger partial charge in [0.05, 0.1) is 25.8 Å². The van der Waals surface area contributed by atoms with Crippen LogP contribution in [0.25, 0.3) is 0 Å². The molecular weight excluding hydrogens is 312 g/mol. The van der Waals surface area contributed by atoms with Crippen molar-refractivity contribution < 1.29 is 14.3 Å². The van der Waals surface area contributed by atoms with Gasteiger partial charge in [-0.05, 0) is 6.92 Å². The maximum absolute atomic E-state index is 11.8. The SMILES string of the molecule is C/C(CC(=O)NCCN1CCOCC1)=N\NC(=O)c1cnccn1. The van der Waals surface area contributed by atoms with E-state index in [1.807, 2.05) is 0 Å². The van der Waals surface area contributed by atoms with Gasteiger partial charge in [-0.25, -0.2) is 10.4 Å². The van der Waals surface area contributed by atoms with E-state index in [4.69, 9.17) is 4.74 Å². The van der Waals surface area contributed by atoms with Crippen molar-refractivity contribution in [2.45, 2.75) is 13.3 Å². The molecule has 0 spiro atoms. The second kappa shape index (κ2) is 9.68. The number of rotatable bonds is 7. The zero-order valence-electron chi connectivity index (χ0n) is 13.7. The second-order valence-corrected chi connectivity index (χ2v) is 5.36. The Morgan fingerprint density at radius 2 is 2.12 bits per heavy atom. The summed E-state index contributed by atoms with van der Waals surface area (Å²) in [5.41, 5.74) is 3.04. The number of ether oxygens (including phenoxy) is 1. The molecule has 130 valence electrons. The summed E-state index contributed by atoms with van der Waals surface area (Å²) in [7, 11) is 0. The lowest BCUT2D eigenvalue weighted by Gasteiger charge is -2.26. The van der Waals surface area contributed by atoms with Crippen molar-refractivity contribution in [2.75, 3.05) is 39.4 Å². The van der Waals surface area contributed by atoms with Gasteiger partial charge in [0, 0.05) is 44.3 Å². The minimum absolute atomic E-state index is 0.127. The first-order valence-electron chi connectivity index (χ1n) is 7.81. The van der Waals surface area contributed by atoms with Gasteiger partial charge in [0.1, 0.15) is 5.69 Å². The van der Waals surface area contributed by atoms with Gasteiger partial charge < -0.3 is 10.1 Å². The van der Waals surface area contributed by atoms with Crippen LogP contribution in [-0.2, 0) is 9.53 Å². The van der Waals surface area contributed by atoms with Gasteiger partial charge in [0.25, 0.3) is 5.91 Å². The zero-order chi connectivity index (χ0) is 17.2. The fourth-order valence-corrected chi connectivity index (χ4v) is 2.13. The van der Waals surface area contributed by atoms with E-state index in [1.165, 1.54) is 18.6 Å². The molecule has 1 aliphatic heterocycles. The third-order valence-corrected chi connectivity index (χ3v) is 3.41. The van der Waals surface area contributed by atoms with Crippen LogP contribution < -0.4 is 10.7 Å². The largest absolute Gasteiger partial charge is 0.379 e. The van der Waals surface area contributed by atoms with Crippen molar-refractivity contribution in [1.29, 1.82) is 0 Å². The van der Waals surface area contributed by atoms with Crippen LogP contribution in [-0.4, -0.2) is 71.8 Å². The molecule has 0 saturated carbocycles. The van der Waals surface area contributed by atoms with Crippen LogP contribution in [0.3, 0.4) is 0 Å². The van der Waals surface area contributed by atoms with Gasteiger partial charge in [-0.3, -0.25) is 19.5 Å². The Morgan fingerprint density at radius 1 is 1.33 bits per heavy atom. The Morgan fingerprint density at radius 3 is 2.83 bits per heavy atom. The van der Waals surface area contributed by atoms with Crippen molar-refractivity contribution >= 4 is 17.5 Å². The van der Waals surface area contributed by atoms with E-state index >= 15 is 0 Å². The summed E-state index contributed by atoms with van der Waals surface area (Å²) in [5, 5.41) is 6.74. The number of nitrogens with zero attached hydrogens (tertiary/aromatic N) is 4. The molecule has 9 nitrogen and oxygen atoms in total. The number of aromatic nitrogens is 2. The number of nitrogens with one attached hydrogen (secondary N) is 2. The van der Waals surface area contributed by atoms with Crippen LogP contribution >= 0.6 is 0 Å². The first kappa shape index (κ1) is 18.0. The highest BCUT2D eigenvalue weighted by Gasteiger charge is 2.11. The van der Waals surface area contributed by atoms with Crippen molar-refractivity contribution in [1.82, 2.24) is 25.6 Å². The molecule has 0 aliphatic carbocycles. The summed E-state index contributed by atoms with van der Waals surface area (Å²) in [5.74, 6) is -0.589. The van der Waals surface area contributed by atoms with Crippen LogP contribution in [0.1, 0.15) is 23.8 Å². The molecule has 2 rings (SSSR count). The monoisotopic (exact) mass is 334 g/mol. The molecule has 1 aromatic heterocycles. The van der Waals surface area contributed by atoms with Gasteiger partial charge in [0.2, 0.25) is 5.91 Å². The summed E-state index contributed by atoms with van der Waals surface area (Å²) >= 11 is 0. The molecule has 0 bridgehead atoms. The number of hydrogen-bond acceptors (Lipinski definition) is 7. The summed E-state index contributed by atoms with van der Waals surface area (Å²) < 4.78 is 5.27. The highest BCUT2D eigenvalue weighted by atomic mass is 16.5. The van der Waals surface area contributed by atoms with E-state index < -0.39 is 5.91 Å². The summed E-state index contributed by atoms with van der Waals surface area (Å²) in [6, 6.07) is 0. The molecule has 0 aromatic carbocycles. The third kappa shape index (κ3) is 6.39. The molecule has 24 heavy (non-hydrogen) atoms. The summed E-state index contributed by atoms with van der Waals surface area (Å²) in [4.78, 5) is 33.5. The molecule has 1 aliphatic rings. The number of carbonyl (C=O) groups is 2. The average molecular weight is 334 g/mol. The Labute approximate surface area is 140 Å². The van der Waals surface area contributed by atoms with Crippen LogP contribution in [0.2, 0.25) is 0 Å². The van der Waals surface area contributed by atoms with E-state index in [9.17, 15) is 9.59 Å². The molecule has 1 fully saturated rings. The first-order valence-corrected chi connectivity index (χ1v) is 7.81. The maximum Gasteiger partial charge on any atom is 0.291 e. The van der Waals surface area contributed by atoms with Crippen LogP contribution in [0.15, 0.2) is 23.7 Å². The molecule has 0 atom stereocenters. The predicted octanol–water partition coefficient (Wildman–Crippen LogP) is -0.579. The second-order valence-electron chi connectivity index (χ2n) is 5.36. The Bertz CT molecular complexity index is 572. The van der Waals surface area contributed by atoms with Gasteiger partial charge in [-0.15, -0.1) is 0 Å². The fraction of sp³-hybridized carbons (Fsp3) is 0.533. The van der Waals surface area contributed by atoms with Crippen molar-refractivity contribution in [3.63, 3.8) is 0 Å². The Balaban J connectivity index is 1.66. The standard InChI is InChI=1S/C15H22N6O3/c1-12(19-20-15(23)13-11-16-2-3-17-13)10-14(22)18-4-5-21-6-8-24-9-7-21/h2-3,11H,4-10H2,1H3,(H,18,22)(H,20,23)/b19-12+. The molecule has 2 N–H and O–H groups in total. The van der Waals surface area contributed by atoms with E-state index in [-0.39, 0.29) is 18.0 Å². The molecule has 0 unspecified atom stereocenters. The normalized spacial score (nSPS) is 15.8. The highest BCUT2D eigenvalue weighted by Crippen LogP contribution is 1.95. The highest BCUT2D eigenvalue weighted by molar-refractivity contribution is 6.00. The molecule has 9 heteroatoms. The number of morpholine rings is 1. The van der Waals surface area contributed by atoms with E-state index in [0.717, 1.165) is 32.8 Å². The van der Waals surface area contributed by atoms with Crippen LogP contribution in [0.5, 0.6) is 0 Å². The topological polar surface area (TPSA) is 109 Å². The van der Waals surface area contributed by atoms with Gasteiger partial charge >= 0.3 is 0 Å². The number of amides is 2. The predicted molar refractivity (Wildman–Crippen MR) is 87.5 cm³/mol. The van der Waals surface area contributed by atoms with Gasteiger partial charge in [-0.2, -0.15) is 5.10 Å². The molecule has 2 amide bonds.